The number of anilines is 1. The third-order valence-electron chi connectivity index (χ3n) is 3.43. The SMILES string of the molecule is O=C(COc1ccccc1F)N1CCc2cccc(F)c21. The van der Waals surface area contributed by atoms with Crippen LogP contribution in [-0.2, 0) is 11.2 Å². The molecule has 0 atom stereocenters. The molecule has 1 amide bonds. The van der Waals surface area contributed by atoms with Crippen LogP contribution in [-0.4, -0.2) is 19.1 Å². The van der Waals surface area contributed by atoms with Gasteiger partial charge >= 0.3 is 0 Å². The molecule has 1 aliphatic heterocycles. The first-order valence-electron chi connectivity index (χ1n) is 6.62. The van der Waals surface area contributed by atoms with Gasteiger partial charge in [0.15, 0.2) is 18.2 Å². The molecule has 0 N–H and O–H groups in total. The van der Waals surface area contributed by atoms with Crippen molar-refractivity contribution in [2.75, 3.05) is 18.1 Å². The molecule has 0 saturated carbocycles. The van der Waals surface area contributed by atoms with Crippen LogP contribution < -0.4 is 9.64 Å². The molecule has 0 radical (unpaired) electrons. The van der Waals surface area contributed by atoms with Gasteiger partial charge in [-0.05, 0) is 30.2 Å². The van der Waals surface area contributed by atoms with Crippen LogP contribution >= 0.6 is 0 Å². The minimum Gasteiger partial charge on any atom is -0.481 e. The van der Waals surface area contributed by atoms with Crippen molar-refractivity contribution < 1.29 is 18.3 Å². The lowest BCUT2D eigenvalue weighted by atomic mass is 10.1. The van der Waals surface area contributed by atoms with Gasteiger partial charge in [-0.1, -0.05) is 24.3 Å². The zero-order chi connectivity index (χ0) is 14.8. The van der Waals surface area contributed by atoms with E-state index in [1.165, 1.54) is 29.2 Å². The molecule has 0 aromatic heterocycles. The average Bonchev–Trinajstić information content (AvgIpc) is 2.92. The van der Waals surface area contributed by atoms with Gasteiger partial charge in [0, 0.05) is 6.54 Å². The number of ether oxygens (including phenoxy) is 1. The molecule has 0 bridgehead atoms. The van der Waals surface area contributed by atoms with Crippen molar-refractivity contribution in [1.29, 1.82) is 0 Å². The van der Waals surface area contributed by atoms with Gasteiger partial charge in [0.1, 0.15) is 5.82 Å². The average molecular weight is 289 g/mol. The van der Waals surface area contributed by atoms with Crippen molar-refractivity contribution in [2.24, 2.45) is 0 Å². The first-order chi connectivity index (χ1) is 10.2. The van der Waals surface area contributed by atoms with Gasteiger partial charge in [-0.25, -0.2) is 8.78 Å². The second kappa shape index (κ2) is 5.52. The Labute approximate surface area is 120 Å². The number of benzene rings is 2. The molecule has 0 aliphatic carbocycles. The lowest BCUT2D eigenvalue weighted by molar-refractivity contribution is -0.120. The van der Waals surface area contributed by atoms with Gasteiger partial charge in [-0.15, -0.1) is 0 Å². The molecule has 2 aromatic rings. The Hall–Kier alpha value is -2.43. The molecule has 0 fully saturated rings. The highest BCUT2D eigenvalue weighted by atomic mass is 19.1. The van der Waals surface area contributed by atoms with E-state index < -0.39 is 11.6 Å². The summed E-state index contributed by atoms with van der Waals surface area (Å²) in [5.74, 6) is -1.33. The minimum atomic E-state index is -0.529. The summed E-state index contributed by atoms with van der Waals surface area (Å²) in [6, 6.07) is 10.6. The van der Waals surface area contributed by atoms with Crippen molar-refractivity contribution in [3.8, 4) is 5.75 Å². The molecule has 0 unspecified atom stereocenters. The maximum Gasteiger partial charge on any atom is 0.265 e. The normalized spacial score (nSPS) is 13.1. The third kappa shape index (κ3) is 2.59. The smallest absolute Gasteiger partial charge is 0.265 e. The van der Waals surface area contributed by atoms with E-state index in [9.17, 15) is 13.6 Å². The van der Waals surface area contributed by atoms with E-state index in [-0.39, 0.29) is 18.3 Å². The Morgan fingerprint density at radius 1 is 1.10 bits per heavy atom. The molecule has 1 aliphatic rings. The van der Waals surface area contributed by atoms with Crippen LogP contribution in [0.3, 0.4) is 0 Å². The minimum absolute atomic E-state index is 0.0128. The quantitative estimate of drug-likeness (QED) is 0.869. The number of carbonyl (C=O) groups excluding carboxylic acids is 1. The van der Waals surface area contributed by atoms with Gasteiger partial charge in [0.25, 0.3) is 5.91 Å². The Morgan fingerprint density at radius 3 is 2.67 bits per heavy atom. The molecule has 0 saturated heterocycles. The summed E-state index contributed by atoms with van der Waals surface area (Å²) in [5.41, 5.74) is 1.11. The number of carbonyl (C=O) groups is 1. The number of nitrogens with zero attached hydrogens (tertiary/aromatic N) is 1. The first-order valence-corrected chi connectivity index (χ1v) is 6.62. The summed E-state index contributed by atoms with van der Waals surface area (Å²) in [7, 11) is 0. The van der Waals surface area contributed by atoms with E-state index in [2.05, 4.69) is 0 Å². The van der Waals surface area contributed by atoms with E-state index >= 15 is 0 Å². The summed E-state index contributed by atoms with van der Waals surface area (Å²) in [6.45, 7) is 0.0877. The summed E-state index contributed by atoms with van der Waals surface area (Å²) >= 11 is 0. The molecule has 21 heavy (non-hydrogen) atoms. The monoisotopic (exact) mass is 289 g/mol. The Morgan fingerprint density at radius 2 is 1.86 bits per heavy atom. The second-order valence-electron chi connectivity index (χ2n) is 4.76. The summed E-state index contributed by atoms with van der Waals surface area (Å²) in [6.07, 6.45) is 0.610. The van der Waals surface area contributed by atoms with Crippen molar-refractivity contribution >= 4 is 11.6 Å². The van der Waals surface area contributed by atoms with Crippen LogP contribution in [0, 0.1) is 11.6 Å². The van der Waals surface area contributed by atoms with Gasteiger partial charge in [-0.2, -0.15) is 0 Å². The maximum atomic E-state index is 13.8. The van der Waals surface area contributed by atoms with Crippen LogP contribution in [0.2, 0.25) is 0 Å². The Balaban J connectivity index is 1.73. The predicted octanol–water partition coefficient (Wildman–Crippen LogP) is 2.93. The van der Waals surface area contributed by atoms with Crippen LogP contribution in [0.1, 0.15) is 5.56 Å². The number of rotatable bonds is 3. The molecule has 0 spiro atoms. The molecule has 3 rings (SSSR count). The fourth-order valence-corrected chi connectivity index (χ4v) is 2.44. The third-order valence-corrected chi connectivity index (χ3v) is 3.43. The number of hydrogen-bond donors (Lipinski definition) is 0. The lowest BCUT2D eigenvalue weighted by Gasteiger charge is -2.18. The first kappa shape index (κ1) is 13.5. The van der Waals surface area contributed by atoms with Crippen LogP contribution in [0.15, 0.2) is 42.5 Å². The van der Waals surface area contributed by atoms with Crippen LogP contribution in [0.25, 0.3) is 0 Å². The van der Waals surface area contributed by atoms with Gasteiger partial charge in [0.05, 0.1) is 5.69 Å². The van der Waals surface area contributed by atoms with E-state index in [1.54, 1.807) is 18.2 Å². The second-order valence-corrected chi connectivity index (χ2v) is 4.76. The highest BCUT2D eigenvalue weighted by Gasteiger charge is 2.27. The largest absolute Gasteiger partial charge is 0.481 e. The Kier molecular flexibility index (Phi) is 3.56. The number of halogens is 2. The number of fused-ring (bicyclic) bond motifs is 1. The molecule has 1 heterocycles. The van der Waals surface area contributed by atoms with E-state index in [4.69, 9.17) is 4.74 Å². The van der Waals surface area contributed by atoms with E-state index in [0.29, 0.717) is 18.7 Å². The standard InChI is InChI=1S/C16H13F2NO2/c17-12-5-1-2-7-14(12)21-10-15(20)19-9-8-11-4-3-6-13(18)16(11)19/h1-7H,8-10H2. The van der Waals surface area contributed by atoms with Crippen molar-refractivity contribution in [3.05, 3.63) is 59.7 Å². The predicted molar refractivity (Wildman–Crippen MR) is 74.4 cm³/mol. The number of hydrogen-bond acceptors (Lipinski definition) is 2. The molecule has 3 nitrogen and oxygen atoms in total. The zero-order valence-electron chi connectivity index (χ0n) is 11.2. The summed E-state index contributed by atoms with van der Waals surface area (Å²) in [4.78, 5) is 13.5. The molecular formula is C16H13F2NO2. The summed E-state index contributed by atoms with van der Waals surface area (Å²) < 4.78 is 32.4. The van der Waals surface area contributed by atoms with Crippen LogP contribution in [0.5, 0.6) is 5.75 Å². The maximum absolute atomic E-state index is 13.8. The topological polar surface area (TPSA) is 29.5 Å². The molecule has 2 aromatic carbocycles. The zero-order valence-corrected chi connectivity index (χ0v) is 11.2. The number of para-hydroxylation sites is 2. The van der Waals surface area contributed by atoms with Gasteiger partial charge < -0.3 is 9.64 Å². The Bertz CT molecular complexity index is 688. The van der Waals surface area contributed by atoms with Crippen molar-refractivity contribution in [3.63, 3.8) is 0 Å². The molecule has 108 valence electrons. The molecule has 5 heteroatoms. The van der Waals surface area contributed by atoms with Crippen molar-refractivity contribution in [2.45, 2.75) is 6.42 Å². The highest BCUT2D eigenvalue weighted by molar-refractivity contribution is 5.96. The molecular weight excluding hydrogens is 276 g/mol. The van der Waals surface area contributed by atoms with Gasteiger partial charge in [0.2, 0.25) is 0 Å². The van der Waals surface area contributed by atoms with Crippen molar-refractivity contribution in [1.82, 2.24) is 0 Å². The van der Waals surface area contributed by atoms with E-state index in [0.717, 1.165) is 5.56 Å². The highest BCUT2D eigenvalue weighted by Crippen LogP contribution is 2.30. The number of amides is 1. The van der Waals surface area contributed by atoms with Crippen LogP contribution in [0.4, 0.5) is 14.5 Å². The fourth-order valence-electron chi connectivity index (χ4n) is 2.44. The van der Waals surface area contributed by atoms with Gasteiger partial charge in [-0.3, -0.25) is 4.79 Å². The summed E-state index contributed by atoms with van der Waals surface area (Å²) in [5, 5.41) is 0. The lowest BCUT2D eigenvalue weighted by Crippen LogP contribution is -2.34. The van der Waals surface area contributed by atoms with E-state index in [1.807, 2.05) is 0 Å². The fraction of sp³-hybridized carbons (Fsp3) is 0.188.